The van der Waals surface area contributed by atoms with Crippen molar-refractivity contribution in [2.75, 3.05) is 0 Å². The predicted octanol–water partition coefficient (Wildman–Crippen LogP) is 7.36. The molecule has 1 nitrogen and oxygen atoms in total. The van der Waals surface area contributed by atoms with Gasteiger partial charge < -0.3 is 0 Å². The minimum absolute atomic E-state index is 0.325. The molecule has 0 N–H and O–H groups in total. The van der Waals surface area contributed by atoms with Gasteiger partial charge in [-0.25, -0.2) is 0 Å². The highest BCUT2D eigenvalue weighted by Gasteiger charge is 2.63. The van der Waals surface area contributed by atoms with Gasteiger partial charge in [0.25, 0.3) is 0 Å². The second kappa shape index (κ2) is 5.52. The Morgan fingerprint density at radius 2 is 1.36 bits per heavy atom. The first kappa shape index (κ1) is 18.9. The number of aldehydes is 1. The van der Waals surface area contributed by atoms with Crippen LogP contribution in [0.4, 0.5) is 0 Å². The van der Waals surface area contributed by atoms with Gasteiger partial charge >= 0.3 is 0 Å². The number of carbonyl (C=O) groups is 1. The van der Waals surface area contributed by atoms with Crippen LogP contribution in [0.15, 0.2) is 18.2 Å². The Labute approximate surface area is 171 Å². The molecule has 28 heavy (non-hydrogen) atoms. The highest BCUT2D eigenvalue weighted by Crippen LogP contribution is 2.73. The summed E-state index contributed by atoms with van der Waals surface area (Å²) in [5, 5.41) is 0. The smallest absolute Gasteiger partial charge is 0.150 e. The third-order valence-electron chi connectivity index (χ3n) is 11.6. The third-order valence-corrected chi connectivity index (χ3v) is 11.6. The lowest BCUT2D eigenvalue weighted by Crippen LogP contribution is -2.32. The second-order valence-electron chi connectivity index (χ2n) is 12.3. The molecule has 0 aliphatic heterocycles. The van der Waals surface area contributed by atoms with E-state index in [1.165, 1.54) is 49.7 Å². The summed E-state index contributed by atoms with van der Waals surface area (Å²) in [6.45, 7) is 15.0. The van der Waals surface area contributed by atoms with Crippen LogP contribution in [0.3, 0.4) is 0 Å². The maximum absolute atomic E-state index is 12.0. The van der Waals surface area contributed by atoms with E-state index in [2.05, 4.69) is 59.7 Å². The molecule has 5 rings (SSSR count). The van der Waals surface area contributed by atoms with Crippen molar-refractivity contribution in [3.05, 3.63) is 34.9 Å². The Bertz CT molecular complexity index is 833. The van der Waals surface area contributed by atoms with Crippen LogP contribution < -0.4 is 0 Å². The van der Waals surface area contributed by atoms with Gasteiger partial charge in [-0.05, 0) is 95.0 Å². The summed E-state index contributed by atoms with van der Waals surface area (Å²) in [7, 11) is 0. The van der Waals surface area contributed by atoms with Crippen molar-refractivity contribution in [3.8, 4) is 0 Å². The normalized spacial score (nSPS) is 44.9. The third kappa shape index (κ3) is 2.02. The zero-order valence-corrected chi connectivity index (χ0v) is 18.8. The molecule has 4 fully saturated rings. The average molecular weight is 379 g/mol. The Kier molecular flexibility index (Phi) is 3.73. The number of hydrogen-bond donors (Lipinski definition) is 0. The fourth-order valence-electron chi connectivity index (χ4n) is 8.60. The summed E-state index contributed by atoms with van der Waals surface area (Å²) >= 11 is 0. The number of carbonyl (C=O) groups excluding carboxylic acids is 1. The van der Waals surface area contributed by atoms with Crippen molar-refractivity contribution < 1.29 is 4.79 Å². The molecule has 1 aromatic carbocycles. The molecule has 0 radical (unpaired) electrons. The van der Waals surface area contributed by atoms with Crippen LogP contribution in [0, 0.1) is 33.5 Å². The van der Waals surface area contributed by atoms with Gasteiger partial charge in [-0.15, -0.1) is 0 Å². The Balaban J connectivity index is 1.58. The van der Waals surface area contributed by atoms with E-state index >= 15 is 0 Å². The van der Waals surface area contributed by atoms with Crippen molar-refractivity contribution in [1.82, 2.24) is 0 Å². The minimum Gasteiger partial charge on any atom is -0.298 e. The summed E-state index contributed by atoms with van der Waals surface area (Å²) in [5.41, 5.74) is 5.37. The average Bonchev–Trinajstić information content (AvgIpc) is 3.18. The molecule has 6 unspecified atom stereocenters. The summed E-state index contributed by atoms with van der Waals surface area (Å²) in [5.74, 6) is 2.86. The molecule has 4 bridgehead atoms. The highest BCUT2D eigenvalue weighted by molar-refractivity contribution is 5.78. The van der Waals surface area contributed by atoms with Crippen LogP contribution >= 0.6 is 0 Å². The fourth-order valence-corrected chi connectivity index (χ4v) is 8.60. The van der Waals surface area contributed by atoms with Crippen LogP contribution in [0.2, 0.25) is 0 Å². The molecule has 0 spiro atoms. The summed E-state index contributed by atoms with van der Waals surface area (Å²) in [4.78, 5) is 12.0. The largest absolute Gasteiger partial charge is 0.298 e. The first-order chi connectivity index (χ1) is 13.1. The lowest BCUT2D eigenvalue weighted by Gasteiger charge is -2.41. The molecule has 0 heterocycles. The van der Waals surface area contributed by atoms with Crippen molar-refractivity contribution >= 4 is 6.29 Å². The van der Waals surface area contributed by atoms with Crippen LogP contribution in [0.1, 0.15) is 113 Å². The van der Waals surface area contributed by atoms with Crippen molar-refractivity contribution in [2.24, 2.45) is 33.5 Å². The number of hydrogen-bond acceptors (Lipinski definition) is 1. The fraction of sp³-hybridized carbons (Fsp3) is 0.741. The van der Waals surface area contributed by atoms with E-state index in [-0.39, 0.29) is 0 Å². The minimum atomic E-state index is 0.325. The van der Waals surface area contributed by atoms with Gasteiger partial charge in [-0.1, -0.05) is 59.7 Å². The molecule has 0 aromatic heterocycles. The molecule has 1 aromatic rings. The lowest BCUT2D eigenvalue weighted by atomic mass is 9.63. The SMILES string of the molecule is CC1(C)C2CCC1(C)C(c1ccc(C=O)c(C3CC4CCC3(C)C4(C)C)c1)C2. The van der Waals surface area contributed by atoms with E-state index in [4.69, 9.17) is 0 Å². The molecule has 4 aliphatic carbocycles. The molecule has 4 aliphatic rings. The molecule has 0 amide bonds. The van der Waals surface area contributed by atoms with E-state index in [1.54, 1.807) is 0 Å². The van der Waals surface area contributed by atoms with E-state index < -0.39 is 0 Å². The van der Waals surface area contributed by atoms with Gasteiger partial charge in [-0.2, -0.15) is 0 Å². The van der Waals surface area contributed by atoms with Crippen molar-refractivity contribution in [1.29, 1.82) is 0 Å². The van der Waals surface area contributed by atoms with Crippen LogP contribution in [0.5, 0.6) is 0 Å². The first-order valence-corrected chi connectivity index (χ1v) is 11.7. The zero-order chi connectivity index (χ0) is 20.1. The van der Waals surface area contributed by atoms with E-state index in [0.29, 0.717) is 33.5 Å². The van der Waals surface area contributed by atoms with Crippen molar-refractivity contribution in [3.63, 3.8) is 0 Å². The number of benzene rings is 1. The van der Waals surface area contributed by atoms with Crippen LogP contribution in [0.25, 0.3) is 0 Å². The standard InChI is InChI=1S/C27H38O/c1-24(2)19-9-11-26(24,5)22(14-19)17-7-8-18(16-28)21(13-17)23-15-20-10-12-27(23,6)25(20,3)4/h7-8,13,16,19-20,22-23H,9-12,14-15H2,1-6H3. The monoisotopic (exact) mass is 378 g/mol. The molecule has 1 heteroatoms. The topological polar surface area (TPSA) is 17.1 Å². The van der Waals surface area contributed by atoms with E-state index in [1.807, 2.05) is 0 Å². The van der Waals surface area contributed by atoms with Gasteiger partial charge in [-0.3, -0.25) is 4.79 Å². The first-order valence-electron chi connectivity index (χ1n) is 11.7. The number of rotatable bonds is 3. The van der Waals surface area contributed by atoms with E-state index in [0.717, 1.165) is 23.7 Å². The Morgan fingerprint density at radius 3 is 1.79 bits per heavy atom. The van der Waals surface area contributed by atoms with Gasteiger partial charge in [0.2, 0.25) is 0 Å². The second-order valence-corrected chi connectivity index (χ2v) is 12.3. The summed E-state index contributed by atoms with van der Waals surface area (Å²) < 4.78 is 0. The molecular formula is C27H38O. The van der Waals surface area contributed by atoms with E-state index in [9.17, 15) is 4.79 Å². The van der Waals surface area contributed by atoms with Crippen molar-refractivity contribution in [2.45, 2.75) is 91.9 Å². The zero-order valence-electron chi connectivity index (χ0n) is 18.8. The quantitative estimate of drug-likeness (QED) is 0.502. The van der Waals surface area contributed by atoms with Gasteiger partial charge in [0.15, 0.2) is 0 Å². The van der Waals surface area contributed by atoms with Gasteiger partial charge in [0.1, 0.15) is 6.29 Å². The maximum Gasteiger partial charge on any atom is 0.150 e. The summed E-state index contributed by atoms with van der Waals surface area (Å²) in [6.07, 6.45) is 9.16. The maximum atomic E-state index is 12.0. The lowest BCUT2D eigenvalue weighted by molar-refractivity contribution is 0.111. The Morgan fingerprint density at radius 1 is 0.821 bits per heavy atom. The summed E-state index contributed by atoms with van der Waals surface area (Å²) in [6, 6.07) is 6.94. The molecule has 0 saturated heterocycles. The Hall–Kier alpha value is -1.11. The van der Waals surface area contributed by atoms with Gasteiger partial charge in [0.05, 0.1) is 0 Å². The van der Waals surface area contributed by atoms with Crippen LogP contribution in [-0.4, -0.2) is 6.29 Å². The number of fused-ring (bicyclic) bond motifs is 4. The van der Waals surface area contributed by atoms with Crippen LogP contribution in [-0.2, 0) is 0 Å². The predicted molar refractivity (Wildman–Crippen MR) is 116 cm³/mol. The highest BCUT2D eigenvalue weighted by atomic mass is 16.1. The molecule has 152 valence electrons. The molecule has 4 saturated carbocycles. The molecule has 6 atom stereocenters. The van der Waals surface area contributed by atoms with Gasteiger partial charge in [0, 0.05) is 5.56 Å². The molecular weight excluding hydrogens is 340 g/mol.